The van der Waals surface area contributed by atoms with Crippen LogP contribution in [0.25, 0.3) is 0 Å². The van der Waals surface area contributed by atoms with Gasteiger partial charge in [-0.1, -0.05) is 12.1 Å². The van der Waals surface area contributed by atoms with E-state index in [0.717, 1.165) is 11.3 Å². The van der Waals surface area contributed by atoms with Crippen molar-refractivity contribution in [3.05, 3.63) is 29.3 Å². The maximum atomic E-state index is 12.2. The van der Waals surface area contributed by atoms with Crippen LogP contribution in [0.2, 0.25) is 0 Å². The summed E-state index contributed by atoms with van der Waals surface area (Å²) in [7, 11) is 0. The van der Waals surface area contributed by atoms with Gasteiger partial charge >= 0.3 is 0 Å². The lowest BCUT2D eigenvalue weighted by Crippen LogP contribution is -2.54. The molecule has 1 aromatic carbocycles. The van der Waals surface area contributed by atoms with Crippen LogP contribution in [0.15, 0.2) is 18.2 Å². The van der Waals surface area contributed by atoms with Crippen molar-refractivity contribution in [2.45, 2.75) is 31.4 Å². The summed E-state index contributed by atoms with van der Waals surface area (Å²) < 4.78 is 0. The third-order valence-corrected chi connectivity index (χ3v) is 3.85. The van der Waals surface area contributed by atoms with E-state index in [-0.39, 0.29) is 5.91 Å². The molecule has 1 saturated heterocycles. The van der Waals surface area contributed by atoms with E-state index < -0.39 is 11.6 Å². The summed E-state index contributed by atoms with van der Waals surface area (Å²) in [6.45, 7) is 2.67. The zero-order valence-electron chi connectivity index (χ0n) is 9.79. The first-order valence-corrected chi connectivity index (χ1v) is 5.96. The number of piperidine rings is 1. The van der Waals surface area contributed by atoms with Crippen LogP contribution in [0, 0.1) is 6.92 Å². The molecule has 2 atom stereocenters. The second kappa shape index (κ2) is 3.47. The first-order valence-electron chi connectivity index (χ1n) is 5.96. The van der Waals surface area contributed by atoms with Gasteiger partial charge in [0.25, 0.3) is 0 Å². The van der Waals surface area contributed by atoms with Gasteiger partial charge in [0.1, 0.15) is 6.23 Å². The van der Waals surface area contributed by atoms with E-state index in [2.05, 4.69) is 16.7 Å². The zero-order valence-corrected chi connectivity index (χ0v) is 9.79. The highest BCUT2D eigenvalue weighted by atomic mass is 16.3. The molecule has 1 aromatic rings. The molecule has 4 nitrogen and oxygen atoms in total. The number of anilines is 1. The smallest absolute Gasteiger partial charge is 0.234 e. The standard InChI is InChI=1S/C13H16N2O2/c1-8-2-3-9-10(6-8)14-7-13(9)5-4-11(16)15-12(13)17/h2-3,6,11,14,16H,4-5,7H2,1H3,(H,15,17)/t11-,13?/m1/s1. The monoisotopic (exact) mass is 232 g/mol. The fourth-order valence-electron chi connectivity index (χ4n) is 2.85. The predicted octanol–water partition coefficient (Wildman–Crippen LogP) is 0.887. The van der Waals surface area contributed by atoms with E-state index in [4.69, 9.17) is 0 Å². The maximum Gasteiger partial charge on any atom is 0.234 e. The summed E-state index contributed by atoms with van der Waals surface area (Å²) in [4.78, 5) is 12.2. The quantitative estimate of drug-likeness (QED) is 0.622. The van der Waals surface area contributed by atoms with Gasteiger partial charge in [0, 0.05) is 12.2 Å². The molecule has 2 aliphatic rings. The molecule has 0 radical (unpaired) electrons. The highest BCUT2D eigenvalue weighted by molar-refractivity contribution is 5.93. The topological polar surface area (TPSA) is 61.4 Å². The second-order valence-electron chi connectivity index (χ2n) is 5.01. The molecule has 1 fully saturated rings. The molecule has 0 aliphatic carbocycles. The third kappa shape index (κ3) is 1.44. The summed E-state index contributed by atoms with van der Waals surface area (Å²) in [6, 6.07) is 6.14. The number of aliphatic hydroxyl groups excluding tert-OH is 1. The normalized spacial score (nSPS) is 30.9. The number of nitrogens with one attached hydrogen (secondary N) is 2. The van der Waals surface area contributed by atoms with Gasteiger partial charge in [-0.05, 0) is 37.0 Å². The van der Waals surface area contributed by atoms with Crippen molar-refractivity contribution in [3.63, 3.8) is 0 Å². The molecule has 90 valence electrons. The Balaban J connectivity index is 2.05. The highest BCUT2D eigenvalue weighted by Gasteiger charge is 2.48. The van der Waals surface area contributed by atoms with Crippen LogP contribution in [0.3, 0.4) is 0 Å². The SMILES string of the molecule is Cc1ccc2c(c1)NCC21CC[C@@H](O)NC1=O. The van der Waals surface area contributed by atoms with Crippen molar-refractivity contribution in [2.24, 2.45) is 0 Å². The summed E-state index contributed by atoms with van der Waals surface area (Å²) in [5.41, 5.74) is 2.82. The second-order valence-corrected chi connectivity index (χ2v) is 5.01. The molecule has 1 unspecified atom stereocenters. The van der Waals surface area contributed by atoms with E-state index >= 15 is 0 Å². The van der Waals surface area contributed by atoms with Crippen LogP contribution in [0.1, 0.15) is 24.0 Å². The Morgan fingerprint density at radius 3 is 3.06 bits per heavy atom. The summed E-state index contributed by atoms with van der Waals surface area (Å²) in [6.07, 6.45) is 0.617. The van der Waals surface area contributed by atoms with Gasteiger partial charge < -0.3 is 15.7 Å². The van der Waals surface area contributed by atoms with E-state index in [0.29, 0.717) is 19.4 Å². The molecule has 0 aromatic heterocycles. The fraction of sp³-hybridized carbons (Fsp3) is 0.462. The van der Waals surface area contributed by atoms with Crippen LogP contribution in [0.4, 0.5) is 5.69 Å². The minimum absolute atomic E-state index is 0.0636. The summed E-state index contributed by atoms with van der Waals surface area (Å²) in [5.74, 6) is -0.0636. The van der Waals surface area contributed by atoms with E-state index in [1.807, 2.05) is 19.1 Å². The minimum Gasteiger partial charge on any atom is -0.383 e. The average molecular weight is 232 g/mol. The van der Waals surface area contributed by atoms with Crippen molar-refractivity contribution in [1.29, 1.82) is 0 Å². The lowest BCUT2D eigenvalue weighted by atomic mass is 9.75. The van der Waals surface area contributed by atoms with Gasteiger partial charge in [0.05, 0.1) is 5.41 Å². The number of benzene rings is 1. The van der Waals surface area contributed by atoms with Crippen molar-refractivity contribution >= 4 is 11.6 Å². The van der Waals surface area contributed by atoms with Crippen molar-refractivity contribution in [1.82, 2.24) is 5.32 Å². The Morgan fingerprint density at radius 1 is 1.47 bits per heavy atom. The van der Waals surface area contributed by atoms with E-state index in [1.165, 1.54) is 5.56 Å². The van der Waals surface area contributed by atoms with Gasteiger partial charge in [-0.25, -0.2) is 0 Å². The first-order chi connectivity index (χ1) is 8.12. The van der Waals surface area contributed by atoms with Gasteiger partial charge in [-0.3, -0.25) is 4.79 Å². The van der Waals surface area contributed by atoms with Crippen LogP contribution in [-0.2, 0) is 10.2 Å². The van der Waals surface area contributed by atoms with Crippen molar-refractivity contribution in [3.8, 4) is 0 Å². The predicted molar refractivity (Wildman–Crippen MR) is 64.7 cm³/mol. The van der Waals surface area contributed by atoms with E-state index in [9.17, 15) is 9.90 Å². The molecular weight excluding hydrogens is 216 g/mol. The number of fused-ring (bicyclic) bond motifs is 2. The van der Waals surface area contributed by atoms with Crippen molar-refractivity contribution < 1.29 is 9.90 Å². The number of aryl methyl sites for hydroxylation is 1. The molecule has 2 heterocycles. The molecule has 0 bridgehead atoms. The van der Waals surface area contributed by atoms with E-state index in [1.54, 1.807) is 0 Å². The largest absolute Gasteiger partial charge is 0.383 e. The third-order valence-electron chi connectivity index (χ3n) is 3.85. The number of carbonyl (C=O) groups is 1. The molecule has 1 spiro atoms. The number of hydrogen-bond donors (Lipinski definition) is 3. The Bertz CT molecular complexity index is 486. The highest BCUT2D eigenvalue weighted by Crippen LogP contribution is 2.42. The Morgan fingerprint density at radius 2 is 2.29 bits per heavy atom. The fourth-order valence-corrected chi connectivity index (χ4v) is 2.85. The van der Waals surface area contributed by atoms with Crippen LogP contribution >= 0.6 is 0 Å². The summed E-state index contributed by atoms with van der Waals surface area (Å²) >= 11 is 0. The lowest BCUT2D eigenvalue weighted by molar-refractivity contribution is -0.133. The Labute approximate surface area is 100 Å². The molecule has 3 rings (SSSR count). The molecular formula is C13H16N2O2. The first kappa shape index (κ1) is 10.6. The zero-order chi connectivity index (χ0) is 12.0. The Hall–Kier alpha value is -1.55. The summed E-state index contributed by atoms with van der Waals surface area (Å²) in [5, 5.41) is 15.4. The molecule has 0 saturated carbocycles. The van der Waals surface area contributed by atoms with Gasteiger partial charge in [-0.15, -0.1) is 0 Å². The van der Waals surface area contributed by atoms with Crippen molar-refractivity contribution in [2.75, 3.05) is 11.9 Å². The van der Waals surface area contributed by atoms with Gasteiger partial charge in [0.2, 0.25) is 5.91 Å². The van der Waals surface area contributed by atoms with Crippen LogP contribution in [0.5, 0.6) is 0 Å². The lowest BCUT2D eigenvalue weighted by Gasteiger charge is -2.34. The maximum absolute atomic E-state index is 12.2. The Kier molecular flexibility index (Phi) is 2.16. The molecule has 4 heteroatoms. The number of aliphatic hydroxyl groups is 1. The molecule has 2 aliphatic heterocycles. The molecule has 3 N–H and O–H groups in total. The molecule has 1 amide bonds. The van der Waals surface area contributed by atoms with Gasteiger partial charge in [0.15, 0.2) is 0 Å². The van der Waals surface area contributed by atoms with Gasteiger partial charge in [-0.2, -0.15) is 0 Å². The molecule has 17 heavy (non-hydrogen) atoms. The van der Waals surface area contributed by atoms with Crippen LogP contribution in [-0.4, -0.2) is 23.8 Å². The number of rotatable bonds is 0. The minimum atomic E-state index is -0.692. The van der Waals surface area contributed by atoms with Crippen LogP contribution < -0.4 is 10.6 Å². The number of carbonyl (C=O) groups excluding carboxylic acids is 1. The number of amides is 1. The average Bonchev–Trinajstić information content (AvgIpc) is 2.64. The number of hydrogen-bond acceptors (Lipinski definition) is 3.